The number of halogens is 2. The van der Waals surface area contributed by atoms with E-state index in [2.05, 4.69) is 15.9 Å². The molecule has 0 aromatic heterocycles. The summed E-state index contributed by atoms with van der Waals surface area (Å²) in [5, 5.41) is 0. The predicted molar refractivity (Wildman–Crippen MR) is 91.9 cm³/mol. The van der Waals surface area contributed by atoms with E-state index in [9.17, 15) is 9.18 Å². The number of methoxy groups -OCH3 is 2. The van der Waals surface area contributed by atoms with Gasteiger partial charge in [-0.2, -0.15) is 0 Å². The van der Waals surface area contributed by atoms with Crippen LogP contribution in [0.25, 0.3) is 0 Å². The minimum atomic E-state index is -0.461. The monoisotopic (exact) mass is 396 g/mol. The van der Waals surface area contributed by atoms with Gasteiger partial charge in [-0.25, -0.2) is 4.39 Å². The number of rotatable bonds is 6. The van der Waals surface area contributed by atoms with E-state index in [1.165, 1.54) is 19.2 Å². The minimum Gasteiger partial charge on any atom is -0.493 e. The summed E-state index contributed by atoms with van der Waals surface area (Å²) in [6.45, 7) is 1.74. The number of esters is 1. The lowest BCUT2D eigenvalue weighted by Crippen LogP contribution is -2.12. The Morgan fingerprint density at radius 1 is 1.12 bits per heavy atom. The number of carbonyl (C=O) groups excluding carboxylic acids is 1. The molecule has 0 fully saturated rings. The average Bonchev–Trinajstić information content (AvgIpc) is 2.56. The molecule has 0 saturated heterocycles. The Hall–Kier alpha value is -2.08. The molecule has 1 unspecified atom stereocenters. The van der Waals surface area contributed by atoms with Crippen LogP contribution in [0.15, 0.2) is 40.9 Å². The second kappa shape index (κ2) is 8.15. The van der Waals surface area contributed by atoms with E-state index < -0.39 is 6.10 Å². The average molecular weight is 397 g/mol. The van der Waals surface area contributed by atoms with Gasteiger partial charge in [-0.15, -0.1) is 0 Å². The van der Waals surface area contributed by atoms with Crippen LogP contribution < -0.4 is 9.47 Å². The standard InChI is InChI=1S/C18H18BrFO4/c1-11(12-4-6-14(20)7-5-12)24-18(21)9-13-8-16(22-2)17(23-3)10-15(13)19/h4-8,10-11H,9H2,1-3H3. The van der Waals surface area contributed by atoms with Crippen LogP contribution in [-0.2, 0) is 16.0 Å². The second-order valence-corrected chi connectivity index (χ2v) is 6.01. The van der Waals surface area contributed by atoms with Crippen molar-refractivity contribution in [2.24, 2.45) is 0 Å². The molecule has 2 aromatic rings. The summed E-state index contributed by atoms with van der Waals surface area (Å²) in [6, 6.07) is 9.34. The quantitative estimate of drug-likeness (QED) is 0.676. The maximum Gasteiger partial charge on any atom is 0.310 e. The summed E-state index contributed by atoms with van der Waals surface area (Å²) < 4.78 is 29.5. The smallest absolute Gasteiger partial charge is 0.310 e. The van der Waals surface area contributed by atoms with Gasteiger partial charge < -0.3 is 14.2 Å². The maximum absolute atomic E-state index is 12.9. The lowest BCUT2D eigenvalue weighted by molar-refractivity contribution is -0.147. The molecule has 0 bridgehead atoms. The summed E-state index contributed by atoms with van der Waals surface area (Å²) in [4.78, 5) is 12.2. The molecule has 0 radical (unpaired) electrons. The van der Waals surface area contributed by atoms with Crippen LogP contribution >= 0.6 is 15.9 Å². The highest BCUT2D eigenvalue weighted by atomic mass is 79.9. The Morgan fingerprint density at radius 3 is 2.29 bits per heavy atom. The van der Waals surface area contributed by atoms with Crippen molar-refractivity contribution >= 4 is 21.9 Å². The Labute approximate surface area is 148 Å². The highest BCUT2D eigenvalue weighted by molar-refractivity contribution is 9.10. The van der Waals surface area contributed by atoms with Crippen molar-refractivity contribution in [3.8, 4) is 11.5 Å². The zero-order valence-corrected chi connectivity index (χ0v) is 15.2. The van der Waals surface area contributed by atoms with Crippen LogP contribution in [0.4, 0.5) is 4.39 Å². The van der Waals surface area contributed by atoms with Crippen molar-refractivity contribution in [1.29, 1.82) is 0 Å². The molecule has 6 heteroatoms. The highest BCUT2D eigenvalue weighted by Crippen LogP contribution is 2.33. The fourth-order valence-corrected chi connectivity index (χ4v) is 2.69. The van der Waals surface area contributed by atoms with Gasteiger partial charge >= 0.3 is 5.97 Å². The van der Waals surface area contributed by atoms with Crippen molar-refractivity contribution in [2.45, 2.75) is 19.4 Å². The Morgan fingerprint density at radius 2 is 1.71 bits per heavy atom. The Balaban J connectivity index is 2.08. The van der Waals surface area contributed by atoms with Gasteiger partial charge in [0.2, 0.25) is 0 Å². The number of ether oxygens (including phenoxy) is 3. The van der Waals surface area contributed by atoms with Gasteiger partial charge in [-0.1, -0.05) is 28.1 Å². The second-order valence-electron chi connectivity index (χ2n) is 5.16. The van der Waals surface area contributed by atoms with Crippen LogP contribution in [0.5, 0.6) is 11.5 Å². The van der Waals surface area contributed by atoms with E-state index in [-0.39, 0.29) is 18.2 Å². The molecule has 0 amide bonds. The van der Waals surface area contributed by atoms with Crippen LogP contribution in [0, 0.1) is 5.82 Å². The molecule has 128 valence electrons. The van der Waals surface area contributed by atoms with Crippen LogP contribution in [-0.4, -0.2) is 20.2 Å². The lowest BCUT2D eigenvalue weighted by Gasteiger charge is -2.15. The van der Waals surface area contributed by atoms with Crippen molar-refractivity contribution in [1.82, 2.24) is 0 Å². The van der Waals surface area contributed by atoms with Gasteiger partial charge in [-0.05, 0) is 42.3 Å². The molecule has 24 heavy (non-hydrogen) atoms. The lowest BCUT2D eigenvalue weighted by atomic mass is 10.1. The van der Waals surface area contributed by atoms with Gasteiger partial charge in [0.1, 0.15) is 11.9 Å². The highest BCUT2D eigenvalue weighted by Gasteiger charge is 2.16. The van der Waals surface area contributed by atoms with Crippen molar-refractivity contribution in [3.63, 3.8) is 0 Å². The molecule has 0 heterocycles. The minimum absolute atomic E-state index is 0.0759. The summed E-state index contributed by atoms with van der Waals surface area (Å²) >= 11 is 3.41. The molecule has 0 aliphatic carbocycles. The number of hydrogen-bond donors (Lipinski definition) is 0. The number of carbonyl (C=O) groups is 1. The third-order valence-corrected chi connectivity index (χ3v) is 4.27. The molecule has 2 aromatic carbocycles. The van der Waals surface area contributed by atoms with E-state index in [0.29, 0.717) is 11.5 Å². The van der Waals surface area contributed by atoms with E-state index in [1.807, 2.05) is 0 Å². The maximum atomic E-state index is 12.9. The zero-order chi connectivity index (χ0) is 17.7. The molecular formula is C18H18BrFO4. The van der Waals surface area contributed by atoms with E-state index in [1.54, 1.807) is 38.3 Å². The molecule has 2 rings (SSSR count). The summed E-state index contributed by atoms with van der Waals surface area (Å²) in [5.41, 5.74) is 1.46. The first-order valence-electron chi connectivity index (χ1n) is 7.30. The Bertz CT molecular complexity index is 716. The molecule has 1 atom stereocenters. The molecule has 0 spiro atoms. The molecule has 0 N–H and O–H groups in total. The van der Waals surface area contributed by atoms with E-state index in [4.69, 9.17) is 14.2 Å². The first-order valence-corrected chi connectivity index (χ1v) is 8.09. The largest absolute Gasteiger partial charge is 0.493 e. The summed E-state index contributed by atoms with van der Waals surface area (Å²) in [5.74, 6) is 0.391. The Kier molecular flexibility index (Phi) is 6.20. The fraction of sp³-hybridized carbons (Fsp3) is 0.278. The van der Waals surface area contributed by atoms with Gasteiger partial charge in [-0.3, -0.25) is 4.79 Å². The van der Waals surface area contributed by atoms with E-state index >= 15 is 0 Å². The normalized spacial score (nSPS) is 11.7. The van der Waals surface area contributed by atoms with Crippen LogP contribution in [0.1, 0.15) is 24.2 Å². The van der Waals surface area contributed by atoms with Crippen molar-refractivity contribution in [2.75, 3.05) is 14.2 Å². The fourth-order valence-electron chi connectivity index (χ4n) is 2.23. The third kappa shape index (κ3) is 4.47. The summed E-state index contributed by atoms with van der Waals surface area (Å²) in [6.07, 6.45) is -0.385. The SMILES string of the molecule is COc1cc(Br)c(CC(=O)OC(C)c2ccc(F)cc2)cc1OC. The first kappa shape index (κ1) is 18.3. The van der Waals surface area contributed by atoms with Gasteiger partial charge in [0.25, 0.3) is 0 Å². The molecule has 0 saturated carbocycles. The van der Waals surface area contributed by atoms with Gasteiger partial charge in [0, 0.05) is 4.47 Å². The van der Waals surface area contributed by atoms with Crippen LogP contribution in [0.3, 0.4) is 0 Å². The predicted octanol–water partition coefficient (Wildman–Crippen LogP) is 4.45. The third-order valence-electron chi connectivity index (χ3n) is 3.54. The van der Waals surface area contributed by atoms with Crippen molar-refractivity contribution in [3.05, 3.63) is 57.8 Å². The topological polar surface area (TPSA) is 44.8 Å². The molecule has 0 aliphatic rings. The zero-order valence-electron chi connectivity index (χ0n) is 13.6. The van der Waals surface area contributed by atoms with Crippen molar-refractivity contribution < 1.29 is 23.4 Å². The van der Waals surface area contributed by atoms with E-state index in [0.717, 1.165) is 15.6 Å². The van der Waals surface area contributed by atoms with Gasteiger partial charge in [0.15, 0.2) is 11.5 Å². The number of hydrogen-bond acceptors (Lipinski definition) is 4. The molecule has 4 nitrogen and oxygen atoms in total. The number of benzene rings is 2. The molecule has 0 aliphatic heterocycles. The van der Waals surface area contributed by atoms with Gasteiger partial charge in [0.05, 0.1) is 20.6 Å². The first-order chi connectivity index (χ1) is 11.4. The van der Waals surface area contributed by atoms with Crippen LogP contribution in [0.2, 0.25) is 0 Å². The molecular weight excluding hydrogens is 379 g/mol. The summed E-state index contributed by atoms with van der Waals surface area (Å²) in [7, 11) is 3.08.